The molecule has 0 unspecified atom stereocenters. The highest BCUT2D eigenvalue weighted by Gasteiger charge is 2.29. The zero-order chi connectivity index (χ0) is 21.8. The quantitative estimate of drug-likeness (QED) is 0.743. The monoisotopic (exact) mass is 422 g/mol. The molecule has 2 aromatic carbocycles. The lowest BCUT2D eigenvalue weighted by Crippen LogP contribution is -2.54. The molecule has 0 atom stereocenters. The van der Waals surface area contributed by atoms with Crippen molar-refractivity contribution in [1.82, 2.24) is 9.80 Å². The highest BCUT2D eigenvalue weighted by molar-refractivity contribution is 5.93. The van der Waals surface area contributed by atoms with Crippen molar-refractivity contribution < 1.29 is 9.18 Å². The molecule has 31 heavy (non-hydrogen) atoms. The van der Waals surface area contributed by atoms with E-state index in [2.05, 4.69) is 54.2 Å². The van der Waals surface area contributed by atoms with Crippen molar-refractivity contribution in [3.05, 3.63) is 65.5 Å². The standard InChI is InChI=1S/C25H31FN4O/c1-27(2)13-3-5-20-7-12-24-21(19-20)6-4-14-30(24)25(31)29-17-15-28(16-18-29)23-10-8-22(26)9-11-23/h3,5,7-12,19H,4,6,13-18H2,1-2H3. The second-order valence-electron chi connectivity index (χ2n) is 8.54. The summed E-state index contributed by atoms with van der Waals surface area (Å²) < 4.78 is 13.2. The number of aryl methyl sites for hydroxylation is 1. The normalized spacial score (nSPS) is 16.8. The largest absolute Gasteiger partial charge is 0.368 e. The van der Waals surface area contributed by atoms with Crippen LogP contribution in [0.25, 0.3) is 6.08 Å². The lowest BCUT2D eigenvalue weighted by atomic mass is 9.99. The Morgan fingerprint density at radius 3 is 2.48 bits per heavy atom. The average Bonchev–Trinajstić information content (AvgIpc) is 2.78. The summed E-state index contributed by atoms with van der Waals surface area (Å²) in [5.74, 6) is -0.224. The van der Waals surface area contributed by atoms with Crippen LogP contribution < -0.4 is 9.80 Å². The van der Waals surface area contributed by atoms with Crippen molar-refractivity contribution in [2.75, 3.05) is 63.2 Å². The molecule has 2 aliphatic heterocycles. The van der Waals surface area contributed by atoms with Gasteiger partial charge in [0, 0.05) is 50.6 Å². The summed E-state index contributed by atoms with van der Waals surface area (Å²) in [4.78, 5) is 21.5. The fraction of sp³-hybridized carbons (Fsp3) is 0.400. The van der Waals surface area contributed by atoms with E-state index in [1.54, 1.807) is 12.1 Å². The van der Waals surface area contributed by atoms with Gasteiger partial charge in [0.2, 0.25) is 0 Å². The average molecular weight is 423 g/mol. The molecule has 0 saturated carbocycles. The number of hydrogen-bond acceptors (Lipinski definition) is 3. The molecule has 2 aromatic rings. The maximum atomic E-state index is 13.3. The number of fused-ring (bicyclic) bond motifs is 1. The number of amides is 2. The summed E-state index contributed by atoms with van der Waals surface area (Å²) in [6.07, 6.45) is 6.30. The van der Waals surface area contributed by atoms with E-state index < -0.39 is 0 Å². The number of halogens is 1. The fourth-order valence-corrected chi connectivity index (χ4v) is 4.30. The van der Waals surface area contributed by atoms with Gasteiger partial charge in [0.05, 0.1) is 0 Å². The molecule has 0 aliphatic carbocycles. The van der Waals surface area contributed by atoms with Gasteiger partial charge >= 0.3 is 6.03 Å². The van der Waals surface area contributed by atoms with Crippen molar-refractivity contribution in [1.29, 1.82) is 0 Å². The number of urea groups is 1. The third-order valence-electron chi connectivity index (χ3n) is 5.98. The van der Waals surface area contributed by atoms with E-state index in [1.165, 1.54) is 23.3 Å². The molecule has 2 aliphatic rings. The smallest absolute Gasteiger partial charge is 0.324 e. The number of anilines is 2. The number of hydrogen-bond donors (Lipinski definition) is 0. The summed E-state index contributed by atoms with van der Waals surface area (Å²) in [6, 6.07) is 13.1. The van der Waals surface area contributed by atoms with Crippen molar-refractivity contribution in [2.24, 2.45) is 0 Å². The van der Waals surface area contributed by atoms with Crippen LogP contribution >= 0.6 is 0 Å². The molecule has 0 bridgehead atoms. The molecule has 6 heteroatoms. The molecule has 2 heterocycles. The molecule has 4 rings (SSSR count). The van der Waals surface area contributed by atoms with E-state index >= 15 is 0 Å². The van der Waals surface area contributed by atoms with Crippen molar-refractivity contribution in [2.45, 2.75) is 12.8 Å². The van der Waals surface area contributed by atoms with E-state index in [4.69, 9.17) is 0 Å². The molecule has 1 fully saturated rings. The minimum atomic E-state index is -0.224. The zero-order valence-electron chi connectivity index (χ0n) is 18.4. The number of benzene rings is 2. The summed E-state index contributed by atoms with van der Waals surface area (Å²) in [6.45, 7) is 4.54. The van der Waals surface area contributed by atoms with E-state index in [9.17, 15) is 9.18 Å². The second kappa shape index (κ2) is 9.52. The number of carbonyl (C=O) groups excluding carboxylic acids is 1. The molecule has 1 saturated heterocycles. The van der Waals surface area contributed by atoms with Crippen LogP contribution in [0.4, 0.5) is 20.6 Å². The first kappa shape index (κ1) is 21.4. The van der Waals surface area contributed by atoms with Gasteiger partial charge in [0.25, 0.3) is 0 Å². The summed E-state index contributed by atoms with van der Waals surface area (Å²) in [5, 5.41) is 0. The Labute approximate surface area is 184 Å². The molecular weight excluding hydrogens is 391 g/mol. The lowest BCUT2D eigenvalue weighted by Gasteiger charge is -2.40. The Morgan fingerprint density at radius 1 is 1.03 bits per heavy atom. The number of likely N-dealkylation sites (N-methyl/N-ethyl adjacent to an activating group) is 1. The van der Waals surface area contributed by atoms with Gasteiger partial charge in [-0.25, -0.2) is 9.18 Å². The van der Waals surface area contributed by atoms with E-state index in [-0.39, 0.29) is 11.8 Å². The molecular formula is C25H31FN4O. The Bertz CT molecular complexity index is 933. The minimum Gasteiger partial charge on any atom is -0.368 e. The maximum Gasteiger partial charge on any atom is 0.324 e. The van der Waals surface area contributed by atoms with Gasteiger partial charge in [-0.2, -0.15) is 0 Å². The van der Waals surface area contributed by atoms with Gasteiger partial charge in [-0.3, -0.25) is 4.90 Å². The topological polar surface area (TPSA) is 30.0 Å². The van der Waals surface area contributed by atoms with E-state index in [0.29, 0.717) is 13.1 Å². The fourth-order valence-electron chi connectivity index (χ4n) is 4.30. The van der Waals surface area contributed by atoms with Crippen LogP contribution in [0.3, 0.4) is 0 Å². The molecule has 164 valence electrons. The predicted molar refractivity (Wildman–Crippen MR) is 125 cm³/mol. The van der Waals surface area contributed by atoms with Crippen LogP contribution in [0.15, 0.2) is 48.5 Å². The first-order valence-electron chi connectivity index (χ1n) is 11.0. The van der Waals surface area contributed by atoms with Gasteiger partial charge < -0.3 is 14.7 Å². The first-order valence-corrected chi connectivity index (χ1v) is 11.0. The van der Waals surface area contributed by atoms with Gasteiger partial charge in [0.1, 0.15) is 5.82 Å². The highest BCUT2D eigenvalue weighted by atomic mass is 19.1. The third kappa shape index (κ3) is 5.07. The molecule has 0 radical (unpaired) electrons. The number of piperazine rings is 1. The molecule has 5 nitrogen and oxygen atoms in total. The zero-order valence-corrected chi connectivity index (χ0v) is 18.4. The van der Waals surface area contributed by atoms with Crippen LogP contribution in [0, 0.1) is 5.82 Å². The van der Waals surface area contributed by atoms with Crippen molar-refractivity contribution >= 4 is 23.5 Å². The predicted octanol–water partition coefficient (Wildman–Crippen LogP) is 4.10. The van der Waals surface area contributed by atoms with Crippen LogP contribution in [-0.4, -0.2) is 69.2 Å². The summed E-state index contributed by atoms with van der Waals surface area (Å²) in [5.41, 5.74) is 4.48. The summed E-state index contributed by atoms with van der Waals surface area (Å²) in [7, 11) is 4.11. The molecule has 0 aromatic heterocycles. The van der Waals surface area contributed by atoms with E-state index in [0.717, 1.165) is 50.4 Å². The molecule has 0 N–H and O–H groups in total. The molecule has 0 spiro atoms. The Balaban J connectivity index is 1.41. The third-order valence-corrected chi connectivity index (χ3v) is 5.98. The second-order valence-corrected chi connectivity index (χ2v) is 8.54. The van der Waals surface area contributed by atoms with Crippen molar-refractivity contribution in [3.63, 3.8) is 0 Å². The van der Waals surface area contributed by atoms with Crippen LogP contribution in [0.2, 0.25) is 0 Å². The number of carbonyl (C=O) groups is 1. The molecule has 2 amide bonds. The van der Waals surface area contributed by atoms with Gasteiger partial charge in [-0.15, -0.1) is 0 Å². The van der Waals surface area contributed by atoms with Gasteiger partial charge in [0.15, 0.2) is 0 Å². The number of nitrogens with zero attached hydrogens (tertiary/aromatic N) is 4. The van der Waals surface area contributed by atoms with Crippen LogP contribution in [-0.2, 0) is 6.42 Å². The lowest BCUT2D eigenvalue weighted by molar-refractivity contribution is 0.200. The Kier molecular flexibility index (Phi) is 6.56. The van der Waals surface area contributed by atoms with E-state index in [1.807, 2.05) is 9.80 Å². The SMILES string of the molecule is CN(C)CC=Cc1ccc2c(c1)CCCN2C(=O)N1CCN(c2ccc(F)cc2)CC1. The highest BCUT2D eigenvalue weighted by Crippen LogP contribution is 2.30. The van der Waals surface area contributed by atoms with Gasteiger partial charge in [-0.05, 0) is 74.5 Å². The maximum absolute atomic E-state index is 13.3. The van der Waals surface area contributed by atoms with Gasteiger partial charge in [-0.1, -0.05) is 18.2 Å². The summed E-state index contributed by atoms with van der Waals surface area (Å²) >= 11 is 0. The minimum absolute atomic E-state index is 0.0932. The van der Waals surface area contributed by atoms with Crippen molar-refractivity contribution in [3.8, 4) is 0 Å². The Morgan fingerprint density at radius 2 is 1.77 bits per heavy atom. The number of rotatable bonds is 4. The van der Waals surface area contributed by atoms with Crippen LogP contribution in [0.5, 0.6) is 0 Å². The van der Waals surface area contributed by atoms with Crippen LogP contribution in [0.1, 0.15) is 17.5 Å². The first-order chi connectivity index (χ1) is 15.0. The Hall–Kier alpha value is -2.86.